The number of aryl methyl sites for hydroxylation is 1. The van der Waals surface area contributed by atoms with Crippen LogP contribution in [0, 0.1) is 0 Å². The zero-order valence-electron chi connectivity index (χ0n) is 13.5. The summed E-state index contributed by atoms with van der Waals surface area (Å²) >= 11 is 0. The van der Waals surface area contributed by atoms with Crippen molar-refractivity contribution in [2.45, 2.75) is 52.1 Å². The topological polar surface area (TPSA) is 35.5 Å². The lowest BCUT2D eigenvalue weighted by molar-refractivity contribution is 0.00695. The molecule has 0 aromatic heterocycles. The van der Waals surface area contributed by atoms with Gasteiger partial charge in [0, 0.05) is 0 Å². The number of esters is 1. The Morgan fingerprint density at radius 1 is 1.14 bits per heavy atom. The van der Waals surface area contributed by atoms with Gasteiger partial charge >= 0.3 is 5.97 Å². The lowest BCUT2D eigenvalue weighted by atomic mass is 10.0. The van der Waals surface area contributed by atoms with E-state index in [4.69, 9.17) is 9.47 Å². The van der Waals surface area contributed by atoms with Crippen molar-refractivity contribution in [3.63, 3.8) is 0 Å². The summed E-state index contributed by atoms with van der Waals surface area (Å²) in [7, 11) is 1.66. The first-order valence-corrected chi connectivity index (χ1v) is 7.42. The van der Waals surface area contributed by atoms with Crippen LogP contribution in [0.1, 0.15) is 56.0 Å². The summed E-state index contributed by atoms with van der Waals surface area (Å²) < 4.78 is 10.2. The Labute approximate surface area is 128 Å². The summed E-state index contributed by atoms with van der Waals surface area (Å²) in [5.74, 6) is -0.265. The van der Waals surface area contributed by atoms with Crippen LogP contribution in [0.2, 0.25) is 0 Å². The average molecular weight is 290 g/mol. The quantitative estimate of drug-likeness (QED) is 0.421. The van der Waals surface area contributed by atoms with Crippen molar-refractivity contribution in [3.8, 4) is 0 Å². The SMILES string of the molecule is COC=CCCCCc1ccc(C(=O)OC(C)(C)C)cc1. The summed E-state index contributed by atoms with van der Waals surface area (Å²) in [6.07, 6.45) is 8.06. The predicted octanol–water partition coefficient (Wildman–Crippen LogP) is 4.51. The summed E-state index contributed by atoms with van der Waals surface area (Å²) in [5, 5.41) is 0. The van der Waals surface area contributed by atoms with E-state index in [1.54, 1.807) is 13.4 Å². The summed E-state index contributed by atoms with van der Waals surface area (Å²) in [6.45, 7) is 5.62. The van der Waals surface area contributed by atoms with E-state index in [0.29, 0.717) is 5.56 Å². The van der Waals surface area contributed by atoms with E-state index < -0.39 is 5.60 Å². The number of unbranched alkanes of at least 4 members (excludes halogenated alkanes) is 2. The van der Waals surface area contributed by atoms with Crippen molar-refractivity contribution in [1.82, 2.24) is 0 Å². The Bertz CT molecular complexity index is 452. The van der Waals surface area contributed by atoms with Gasteiger partial charge in [0.15, 0.2) is 0 Å². The summed E-state index contributed by atoms with van der Waals surface area (Å²) in [5.41, 5.74) is 1.40. The maximum absolute atomic E-state index is 11.9. The van der Waals surface area contributed by atoms with Gasteiger partial charge in [-0.25, -0.2) is 4.79 Å². The van der Waals surface area contributed by atoms with E-state index in [0.717, 1.165) is 25.7 Å². The molecular formula is C18H26O3. The molecule has 0 unspecified atom stereocenters. The molecule has 0 aliphatic carbocycles. The van der Waals surface area contributed by atoms with Crippen LogP contribution in [0.3, 0.4) is 0 Å². The molecule has 0 amide bonds. The second-order valence-corrected chi connectivity index (χ2v) is 6.05. The summed E-state index contributed by atoms with van der Waals surface area (Å²) in [4.78, 5) is 11.9. The van der Waals surface area contributed by atoms with Gasteiger partial charge in [-0.15, -0.1) is 0 Å². The van der Waals surface area contributed by atoms with Gasteiger partial charge < -0.3 is 9.47 Å². The molecule has 3 nitrogen and oxygen atoms in total. The number of hydrogen-bond acceptors (Lipinski definition) is 3. The minimum Gasteiger partial charge on any atom is -0.505 e. The van der Waals surface area contributed by atoms with Crippen LogP contribution in [-0.2, 0) is 15.9 Å². The van der Waals surface area contributed by atoms with Crippen LogP contribution in [0.25, 0.3) is 0 Å². The van der Waals surface area contributed by atoms with E-state index in [2.05, 4.69) is 0 Å². The van der Waals surface area contributed by atoms with E-state index in [1.807, 2.05) is 51.1 Å². The highest BCUT2D eigenvalue weighted by atomic mass is 16.6. The van der Waals surface area contributed by atoms with Crippen molar-refractivity contribution >= 4 is 5.97 Å². The van der Waals surface area contributed by atoms with E-state index in [1.165, 1.54) is 5.56 Å². The van der Waals surface area contributed by atoms with Crippen molar-refractivity contribution < 1.29 is 14.3 Å². The standard InChI is InChI=1S/C18H26O3/c1-18(2,3)21-17(19)16-12-10-15(11-13-16)9-7-5-6-8-14-20-4/h8,10-14H,5-7,9H2,1-4H3. The maximum Gasteiger partial charge on any atom is 0.338 e. The van der Waals surface area contributed by atoms with Crippen LogP contribution in [0.15, 0.2) is 36.6 Å². The minimum absolute atomic E-state index is 0.265. The smallest absolute Gasteiger partial charge is 0.338 e. The van der Waals surface area contributed by atoms with Crippen molar-refractivity contribution in [1.29, 1.82) is 0 Å². The molecule has 0 aliphatic heterocycles. The van der Waals surface area contributed by atoms with Crippen molar-refractivity contribution in [3.05, 3.63) is 47.7 Å². The number of carbonyl (C=O) groups is 1. The first-order chi connectivity index (χ1) is 9.92. The van der Waals surface area contributed by atoms with Crippen LogP contribution >= 0.6 is 0 Å². The zero-order chi connectivity index (χ0) is 15.7. The Morgan fingerprint density at radius 3 is 2.38 bits per heavy atom. The second kappa shape index (κ2) is 8.50. The third kappa shape index (κ3) is 7.54. The summed E-state index contributed by atoms with van der Waals surface area (Å²) in [6, 6.07) is 7.69. The van der Waals surface area contributed by atoms with Crippen LogP contribution < -0.4 is 0 Å². The fourth-order valence-electron chi connectivity index (χ4n) is 1.90. The Kier molecular flexibility index (Phi) is 7.00. The number of ether oxygens (including phenoxy) is 2. The van der Waals surface area contributed by atoms with Gasteiger partial charge in [-0.05, 0) is 70.2 Å². The Morgan fingerprint density at radius 2 is 1.81 bits per heavy atom. The lowest BCUT2D eigenvalue weighted by Gasteiger charge is -2.19. The number of carbonyl (C=O) groups excluding carboxylic acids is 1. The molecule has 0 saturated heterocycles. The lowest BCUT2D eigenvalue weighted by Crippen LogP contribution is -2.23. The molecule has 0 heterocycles. The van der Waals surface area contributed by atoms with E-state index >= 15 is 0 Å². The molecule has 3 heteroatoms. The molecular weight excluding hydrogens is 264 g/mol. The number of benzene rings is 1. The third-order valence-corrected chi connectivity index (χ3v) is 2.91. The molecule has 116 valence electrons. The highest BCUT2D eigenvalue weighted by Gasteiger charge is 2.17. The van der Waals surface area contributed by atoms with Gasteiger partial charge in [0.05, 0.1) is 18.9 Å². The molecule has 1 aromatic carbocycles. The van der Waals surface area contributed by atoms with Gasteiger partial charge in [-0.1, -0.05) is 12.1 Å². The molecule has 0 N–H and O–H groups in total. The number of rotatable bonds is 7. The molecule has 0 fully saturated rings. The van der Waals surface area contributed by atoms with Gasteiger partial charge in [0.2, 0.25) is 0 Å². The molecule has 0 radical (unpaired) electrons. The Hall–Kier alpha value is -1.77. The highest BCUT2D eigenvalue weighted by molar-refractivity contribution is 5.89. The minimum atomic E-state index is -0.453. The Balaban J connectivity index is 2.40. The molecule has 1 aromatic rings. The van der Waals surface area contributed by atoms with E-state index in [9.17, 15) is 4.79 Å². The third-order valence-electron chi connectivity index (χ3n) is 2.91. The molecule has 0 aliphatic rings. The first-order valence-electron chi connectivity index (χ1n) is 7.42. The average Bonchev–Trinajstić information content (AvgIpc) is 2.41. The molecule has 1 rings (SSSR count). The molecule has 0 bridgehead atoms. The normalized spacial score (nSPS) is 11.6. The van der Waals surface area contributed by atoms with Crippen molar-refractivity contribution in [2.75, 3.05) is 7.11 Å². The molecule has 0 spiro atoms. The fraction of sp³-hybridized carbons (Fsp3) is 0.500. The van der Waals surface area contributed by atoms with Gasteiger partial charge in [-0.2, -0.15) is 0 Å². The van der Waals surface area contributed by atoms with Gasteiger partial charge in [-0.3, -0.25) is 0 Å². The number of allylic oxidation sites excluding steroid dienone is 1. The first kappa shape index (κ1) is 17.3. The van der Waals surface area contributed by atoms with Crippen LogP contribution in [0.5, 0.6) is 0 Å². The van der Waals surface area contributed by atoms with Gasteiger partial charge in [0.1, 0.15) is 5.60 Å². The van der Waals surface area contributed by atoms with Crippen LogP contribution in [-0.4, -0.2) is 18.7 Å². The monoisotopic (exact) mass is 290 g/mol. The van der Waals surface area contributed by atoms with Crippen LogP contribution in [0.4, 0.5) is 0 Å². The fourth-order valence-corrected chi connectivity index (χ4v) is 1.90. The van der Waals surface area contributed by atoms with Crippen molar-refractivity contribution in [2.24, 2.45) is 0 Å². The maximum atomic E-state index is 11.9. The van der Waals surface area contributed by atoms with E-state index in [-0.39, 0.29) is 5.97 Å². The zero-order valence-corrected chi connectivity index (χ0v) is 13.5. The van der Waals surface area contributed by atoms with Gasteiger partial charge in [0.25, 0.3) is 0 Å². The largest absolute Gasteiger partial charge is 0.505 e. The number of methoxy groups -OCH3 is 1. The molecule has 0 saturated carbocycles. The number of hydrogen-bond donors (Lipinski definition) is 0. The predicted molar refractivity (Wildman–Crippen MR) is 85.3 cm³/mol. The molecule has 0 atom stereocenters. The molecule has 21 heavy (non-hydrogen) atoms. The second-order valence-electron chi connectivity index (χ2n) is 6.05. The highest BCUT2D eigenvalue weighted by Crippen LogP contribution is 2.14.